The molecule has 2 aromatic rings. The Labute approximate surface area is 134 Å². The van der Waals surface area contributed by atoms with Crippen LogP contribution in [0.2, 0.25) is 5.28 Å². The fourth-order valence-electron chi connectivity index (χ4n) is 2.38. The SMILES string of the molecule is Clc1nccc(-c2ccn(CCCOC3CCCCO3)n2)n1. The Morgan fingerprint density at radius 1 is 1.32 bits per heavy atom. The molecule has 0 saturated carbocycles. The fourth-order valence-corrected chi connectivity index (χ4v) is 2.53. The van der Waals surface area contributed by atoms with E-state index in [0.29, 0.717) is 6.61 Å². The molecule has 1 unspecified atom stereocenters. The van der Waals surface area contributed by atoms with Crippen LogP contribution < -0.4 is 0 Å². The van der Waals surface area contributed by atoms with Crippen molar-refractivity contribution < 1.29 is 9.47 Å². The minimum Gasteiger partial charge on any atom is -0.353 e. The largest absolute Gasteiger partial charge is 0.353 e. The van der Waals surface area contributed by atoms with E-state index in [2.05, 4.69) is 15.1 Å². The highest BCUT2D eigenvalue weighted by atomic mass is 35.5. The van der Waals surface area contributed by atoms with Crippen LogP contribution in [0.1, 0.15) is 25.7 Å². The normalized spacial score (nSPS) is 18.5. The van der Waals surface area contributed by atoms with E-state index in [9.17, 15) is 0 Å². The lowest BCUT2D eigenvalue weighted by Crippen LogP contribution is -2.23. The molecule has 1 aliphatic heterocycles. The zero-order valence-corrected chi connectivity index (χ0v) is 13.1. The minimum atomic E-state index is -0.0231. The van der Waals surface area contributed by atoms with Gasteiger partial charge < -0.3 is 9.47 Å². The van der Waals surface area contributed by atoms with Gasteiger partial charge in [0.2, 0.25) is 5.28 Å². The first-order chi connectivity index (χ1) is 10.8. The van der Waals surface area contributed by atoms with Crippen molar-refractivity contribution in [3.8, 4) is 11.4 Å². The number of halogens is 1. The number of ether oxygens (including phenoxy) is 2. The Hall–Kier alpha value is -1.50. The average Bonchev–Trinajstić information content (AvgIpc) is 3.02. The molecular weight excluding hydrogens is 304 g/mol. The van der Waals surface area contributed by atoms with Gasteiger partial charge in [0, 0.05) is 25.5 Å². The van der Waals surface area contributed by atoms with Gasteiger partial charge in [-0.15, -0.1) is 0 Å². The molecule has 0 aliphatic carbocycles. The lowest BCUT2D eigenvalue weighted by molar-refractivity contribution is -0.163. The quantitative estimate of drug-likeness (QED) is 0.604. The van der Waals surface area contributed by atoms with Crippen LogP contribution in [0.4, 0.5) is 0 Å². The van der Waals surface area contributed by atoms with E-state index >= 15 is 0 Å². The zero-order chi connectivity index (χ0) is 15.2. The summed E-state index contributed by atoms with van der Waals surface area (Å²) in [5.41, 5.74) is 1.52. The molecule has 7 heteroatoms. The summed E-state index contributed by atoms with van der Waals surface area (Å²) >= 11 is 5.79. The monoisotopic (exact) mass is 322 g/mol. The molecule has 1 saturated heterocycles. The Balaban J connectivity index is 1.45. The summed E-state index contributed by atoms with van der Waals surface area (Å²) in [5.74, 6) is 0. The highest BCUT2D eigenvalue weighted by molar-refractivity contribution is 6.28. The summed E-state index contributed by atoms with van der Waals surface area (Å²) in [6, 6.07) is 3.71. The Morgan fingerprint density at radius 3 is 3.09 bits per heavy atom. The molecule has 1 fully saturated rings. The molecule has 2 aromatic heterocycles. The number of rotatable bonds is 6. The van der Waals surface area contributed by atoms with Crippen molar-refractivity contribution in [2.45, 2.75) is 38.5 Å². The first-order valence-corrected chi connectivity index (χ1v) is 7.95. The van der Waals surface area contributed by atoms with Crippen LogP contribution in [0.3, 0.4) is 0 Å². The maximum absolute atomic E-state index is 5.79. The first-order valence-electron chi connectivity index (χ1n) is 7.57. The smallest absolute Gasteiger partial charge is 0.222 e. The van der Waals surface area contributed by atoms with Crippen LogP contribution in [0.15, 0.2) is 24.5 Å². The van der Waals surface area contributed by atoms with Gasteiger partial charge in [-0.2, -0.15) is 5.10 Å². The van der Waals surface area contributed by atoms with Crippen LogP contribution in [-0.2, 0) is 16.0 Å². The molecule has 3 rings (SSSR count). The van der Waals surface area contributed by atoms with Gasteiger partial charge >= 0.3 is 0 Å². The van der Waals surface area contributed by atoms with Gasteiger partial charge in [0.15, 0.2) is 6.29 Å². The van der Waals surface area contributed by atoms with E-state index in [1.807, 2.05) is 16.9 Å². The van der Waals surface area contributed by atoms with E-state index in [1.165, 1.54) is 6.42 Å². The number of aryl methyl sites for hydroxylation is 1. The molecule has 6 nitrogen and oxygen atoms in total. The summed E-state index contributed by atoms with van der Waals surface area (Å²) < 4.78 is 13.1. The van der Waals surface area contributed by atoms with Crippen molar-refractivity contribution in [1.82, 2.24) is 19.7 Å². The molecule has 0 radical (unpaired) electrons. The Bertz CT molecular complexity index is 599. The first kappa shape index (κ1) is 15.4. The van der Waals surface area contributed by atoms with Gasteiger partial charge in [-0.3, -0.25) is 4.68 Å². The molecule has 3 heterocycles. The van der Waals surface area contributed by atoms with Crippen molar-refractivity contribution in [2.75, 3.05) is 13.2 Å². The van der Waals surface area contributed by atoms with Crippen molar-refractivity contribution in [3.05, 3.63) is 29.8 Å². The predicted molar refractivity (Wildman–Crippen MR) is 82.4 cm³/mol. The van der Waals surface area contributed by atoms with Crippen LogP contribution in [0.25, 0.3) is 11.4 Å². The van der Waals surface area contributed by atoms with Crippen molar-refractivity contribution in [1.29, 1.82) is 0 Å². The van der Waals surface area contributed by atoms with Crippen LogP contribution in [0, 0.1) is 0 Å². The molecule has 0 N–H and O–H groups in total. The predicted octanol–water partition coefficient (Wildman–Crippen LogP) is 2.93. The molecule has 0 amide bonds. The number of nitrogens with zero attached hydrogens (tertiary/aromatic N) is 4. The lowest BCUT2D eigenvalue weighted by Gasteiger charge is -2.22. The van der Waals surface area contributed by atoms with Gasteiger partial charge in [0.1, 0.15) is 5.69 Å². The lowest BCUT2D eigenvalue weighted by atomic mass is 10.2. The summed E-state index contributed by atoms with van der Waals surface area (Å²) in [5, 5.41) is 4.72. The average molecular weight is 323 g/mol. The van der Waals surface area contributed by atoms with Gasteiger partial charge in [-0.25, -0.2) is 9.97 Å². The second-order valence-electron chi connectivity index (χ2n) is 5.20. The van der Waals surface area contributed by atoms with Crippen LogP contribution in [0.5, 0.6) is 0 Å². The molecule has 118 valence electrons. The maximum Gasteiger partial charge on any atom is 0.222 e. The highest BCUT2D eigenvalue weighted by Crippen LogP contribution is 2.16. The van der Waals surface area contributed by atoms with E-state index in [1.54, 1.807) is 12.3 Å². The van der Waals surface area contributed by atoms with Crippen LogP contribution in [-0.4, -0.2) is 39.3 Å². The van der Waals surface area contributed by atoms with E-state index < -0.39 is 0 Å². The molecule has 0 spiro atoms. The summed E-state index contributed by atoms with van der Waals surface area (Å²) in [6.45, 7) is 2.29. The van der Waals surface area contributed by atoms with Gasteiger partial charge in [-0.1, -0.05) is 0 Å². The molecular formula is C15H19ClN4O2. The fraction of sp³-hybridized carbons (Fsp3) is 0.533. The maximum atomic E-state index is 5.79. The third-order valence-electron chi connectivity index (χ3n) is 3.50. The van der Waals surface area contributed by atoms with E-state index in [-0.39, 0.29) is 11.6 Å². The Kier molecular flexibility index (Phi) is 5.37. The number of hydrogen-bond acceptors (Lipinski definition) is 5. The van der Waals surface area contributed by atoms with Crippen molar-refractivity contribution in [2.24, 2.45) is 0 Å². The number of aromatic nitrogens is 4. The summed E-state index contributed by atoms with van der Waals surface area (Å²) in [4.78, 5) is 8.02. The van der Waals surface area contributed by atoms with Crippen LogP contribution >= 0.6 is 11.6 Å². The third kappa shape index (κ3) is 4.25. The van der Waals surface area contributed by atoms with Gasteiger partial charge in [0.05, 0.1) is 12.3 Å². The standard InChI is InChI=1S/C15H19ClN4O2/c16-15-17-7-5-12(18-15)13-6-9-20(19-13)8-3-11-22-14-4-1-2-10-21-14/h5-7,9,14H,1-4,8,10-11H2. The minimum absolute atomic E-state index is 0.0231. The van der Waals surface area contributed by atoms with Gasteiger partial charge in [-0.05, 0) is 49.4 Å². The van der Waals surface area contributed by atoms with E-state index in [0.717, 1.165) is 43.8 Å². The summed E-state index contributed by atoms with van der Waals surface area (Å²) in [6.07, 6.45) is 7.76. The Morgan fingerprint density at radius 2 is 2.27 bits per heavy atom. The van der Waals surface area contributed by atoms with Crippen molar-refractivity contribution in [3.63, 3.8) is 0 Å². The van der Waals surface area contributed by atoms with Crippen molar-refractivity contribution >= 4 is 11.6 Å². The second-order valence-corrected chi connectivity index (χ2v) is 5.53. The molecule has 22 heavy (non-hydrogen) atoms. The second kappa shape index (κ2) is 7.67. The van der Waals surface area contributed by atoms with E-state index in [4.69, 9.17) is 21.1 Å². The molecule has 1 aliphatic rings. The molecule has 0 bridgehead atoms. The molecule has 1 atom stereocenters. The highest BCUT2D eigenvalue weighted by Gasteiger charge is 2.13. The van der Waals surface area contributed by atoms with Gasteiger partial charge in [0.25, 0.3) is 0 Å². The summed E-state index contributed by atoms with van der Waals surface area (Å²) in [7, 11) is 0. The topological polar surface area (TPSA) is 62.1 Å². The third-order valence-corrected chi connectivity index (χ3v) is 3.68. The number of hydrogen-bond donors (Lipinski definition) is 0. The zero-order valence-electron chi connectivity index (χ0n) is 12.3. The molecule has 0 aromatic carbocycles.